The number of rotatable bonds is 11. The van der Waals surface area contributed by atoms with Crippen LogP contribution in [0, 0.1) is 5.41 Å². The highest BCUT2D eigenvalue weighted by atomic mass is 16.7. The second-order valence-corrected chi connectivity index (χ2v) is 11.1. The van der Waals surface area contributed by atoms with Gasteiger partial charge < -0.3 is 29.5 Å². The first-order valence-corrected chi connectivity index (χ1v) is 14.5. The minimum absolute atomic E-state index is 0.0199. The maximum atomic E-state index is 12.2. The minimum atomic E-state index is -0.708. The fourth-order valence-electron chi connectivity index (χ4n) is 4.09. The Morgan fingerprint density at radius 2 is 1.63 bits per heavy atom. The fraction of sp³-hybridized carbons (Fsp3) is 0.774. The van der Waals surface area contributed by atoms with Crippen LogP contribution < -0.4 is 4.74 Å². The van der Waals surface area contributed by atoms with Crippen molar-refractivity contribution in [1.82, 2.24) is 0 Å². The van der Waals surface area contributed by atoms with Crippen molar-refractivity contribution in [1.29, 1.82) is 0 Å². The van der Waals surface area contributed by atoms with Crippen LogP contribution in [-0.2, 0) is 9.47 Å². The molecule has 0 bridgehead atoms. The average Bonchev–Trinajstić information content (AvgIpc) is 2.88. The van der Waals surface area contributed by atoms with Gasteiger partial charge in [0, 0.05) is 18.4 Å². The van der Waals surface area contributed by atoms with Crippen molar-refractivity contribution in [2.75, 3.05) is 26.4 Å². The van der Waals surface area contributed by atoms with E-state index >= 15 is 0 Å². The van der Waals surface area contributed by atoms with Crippen LogP contribution in [0.25, 0.3) is 0 Å². The van der Waals surface area contributed by atoms with Crippen LogP contribution in [-0.4, -0.2) is 60.1 Å². The number of hydrogen-bond acceptors (Lipinski definition) is 7. The summed E-state index contributed by atoms with van der Waals surface area (Å²) in [5, 5.41) is 27.1. The Labute approximate surface area is 231 Å². The van der Waals surface area contributed by atoms with Crippen molar-refractivity contribution in [3.8, 4) is 5.75 Å². The Hall–Kier alpha value is -1.67. The van der Waals surface area contributed by atoms with Gasteiger partial charge in [-0.25, -0.2) is 4.79 Å². The topological polar surface area (TPSA) is 105 Å². The summed E-state index contributed by atoms with van der Waals surface area (Å²) in [6.07, 6.45) is 5.96. The van der Waals surface area contributed by atoms with Gasteiger partial charge in [-0.2, -0.15) is 0 Å². The van der Waals surface area contributed by atoms with E-state index in [1.807, 2.05) is 32.0 Å². The van der Waals surface area contributed by atoms with E-state index < -0.39 is 11.6 Å². The molecule has 38 heavy (non-hydrogen) atoms. The zero-order chi connectivity index (χ0) is 29.1. The number of ether oxygens (including phenoxy) is 3. The average molecular weight is 541 g/mol. The van der Waals surface area contributed by atoms with E-state index in [0.717, 1.165) is 24.0 Å². The van der Waals surface area contributed by atoms with Crippen molar-refractivity contribution in [3.05, 3.63) is 29.3 Å². The predicted octanol–water partition coefficient (Wildman–Crippen LogP) is 6.96. The van der Waals surface area contributed by atoms with Crippen molar-refractivity contribution in [2.24, 2.45) is 5.41 Å². The number of unbranched alkanes of at least 4 members (excludes halogenated alkanes) is 2. The Bertz CT molecular complexity index is 721. The van der Waals surface area contributed by atoms with Crippen LogP contribution in [0.5, 0.6) is 5.75 Å². The summed E-state index contributed by atoms with van der Waals surface area (Å²) < 4.78 is 16.0. The summed E-state index contributed by atoms with van der Waals surface area (Å²) in [6, 6.07) is 5.95. The summed E-state index contributed by atoms with van der Waals surface area (Å²) in [7, 11) is 0. The van der Waals surface area contributed by atoms with Gasteiger partial charge >= 0.3 is 6.16 Å². The van der Waals surface area contributed by atoms with Gasteiger partial charge in [-0.05, 0) is 35.8 Å². The summed E-state index contributed by atoms with van der Waals surface area (Å²) in [5.41, 5.74) is 1.57. The van der Waals surface area contributed by atoms with Crippen LogP contribution in [0.15, 0.2) is 18.2 Å². The largest absolute Gasteiger partial charge is 0.513 e. The number of carbonyl (C=O) groups excluding carboxylic acids is 1. The van der Waals surface area contributed by atoms with Gasteiger partial charge in [0.05, 0.1) is 25.4 Å². The molecule has 0 spiro atoms. The molecule has 0 aliphatic carbocycles. The highest BCUT2D eigenvalue weighted by Crippen LogP contribution is 2.35. The summed E-state index contributed by atoms with van der Waals surface area (Å²) >= 11 is 0. The quantitative estimate of drug-likeness (QED) is 0.206. The lowest BCUT2D eigenvalue weighted by Crippen LogP contribution is -2.31. The third-order valence-electron chi connectivity index (χ3n) is 6.53. The number of para-hydroxylation sites is 1. The smallest absolute Gasteiger partial charge is 0.433 e. The van der Waals surface area contributed by atoms with Crippen LogP contribution in [0.1, 0.15) is 123 Å². The zero-order valence-corrected chi connectivity index (χ0v) is 25.3. The molecule has 1 unspecified atom stereocenters. The second kappa shape index (κ2) is 20.3. The Kier molecular flexibility index (Phi) is 19.4. The standard InChI is InChI=1S/C20H32O4.C6H12O3.C5H12/c1-7-11-20(6,12-21)13-23-19(22)24-18-16(14(2)3)9-8-10-17(18)15(4)5;7-4-6-3-5(8)1-2-9-6;1-3-5-4-2/h8-10,14-15,21H,7,11-13H2,1-6H3;5-8H,1-4H2;3-5H2,1-2H3/t;5-,6+;/m.1./s1. The minimum Gasteiger partial charge on any atom is -0.433 e. The van der Waals surface area contributed by atoms with Crippen LogP contribution in [0.3, 0.4) is 0 Å². The van der Waals surface area contributed by atoms with E-state index in [4.69, 9.17) is 24.4 Å². The van der Waals surface area contributed by atoms with Crippen molar-refractivity contribution in [2.45, 2.75) is 124 Å². The lowest BCUT2D eigenvalue weighted by molar-refractivity contribution is -0.0642. The Morgan fingerprint density at radius 1 is 1.05 bits per heavy atom. The molecule has 1 saturated heterocycles. The molecule has 7 heteroatoms. The SMILES string of the molecule is CCCC(C)(CO)COC(=O)Oc1c(C(C)C)cccc1C(C)C.CCCCC.OC[C@@H]1C[C@H](O)CCO1. The van der Waals surface area contributed by atoms with E-state index in [0.29, 0.717) is 25.2 Å². The van der Waals surface area contributed by atoms with Gasteiger partial charge in [0.25, 0.3) is 0 Å². The first-order chi connectivity index (χ1) is 18.0. The summed E-state index contributed by atoms with van der Waals surface area (Å²) in [6.45, 7) is 17.4. The molecular weight excluding hydrogens is 484 g/mol. The van der Waals surface area contributed by atoms with Gasteiger partial charge in [-0.3, -0.25) is 0 Å². The third-order valence-corrected chi connectivity index (χ3v) is 6.53. The lowest BCUT2D eigenvalue weighted by atomic mass is 9.88. The first kappa shape index (κ1) is 36.3. The summed E-state index contributed by atoms with van der Waals surface area (Å²) in [4.78, 5) is 12.2. The molecule has 1 aliphatic rings. The lowest BCUT2D eigenvalue weighted by Gasteiger charge is -2.26. The van der Waals surface area contributed by atoms with Gasteiger partial charge in [-0.15, -0.1) is 0 Å². The number of benzene rings is 1. The first-order valence-electron chi connectivity index (χ1n) is 14.5. The van der Waals surface area contributed by atoms with Gasteiger partial charge in [0.2, 0.25) is 0 Å². The molecule has 1 fully saturated rings. The molecule has 0 radical (unpaired) electrons. The molecular formula is C31H56O7. The van der Waals surface area contributed by atoms with E-state index in [1.165, 1.54) is 19.3 Å². The van der Waals surface area contributed by atoms with E-state index in [2.05, 4.69) is 41.5 Å². The molecule has 0 aromatic heterocycles. The molecule has 1 heterocycles. The Morgan fingerprint density at radius 3 is 2.00 bits per heavy atom. The zero-order valence-electron chi connectivity index (χ0n) is 25.3. The summed E-state index contributed by atoms with van der Waals surface area (Å²) in [5.74, 6) is 1.09. The van der Waals surface area contributed by atoms with E-state index in [-0.39, 0.29) is 43.9 Å². The van der Waals surface area contributed by atoms with Crippen molar-refractivity contribution in [3.63, 3.8) is 0 Å². The molecule has 3 N–H and O–H groups in total. The number of aliphatic hydroxyl groups is 3. The molecule has 222 valence electrons. The highest BCUT2D eigenvalue weighted by molar-refractivity contribution is 5.66. The molecule has 1 aromatic rings. The number of carbonyl (C=O) groups is 1. The van der Waals surface area contributed by atoms with E-state index in [1.54, 1.807) is 0 Å². The molecule has 0 amide bonds. The molecule has 7 nitrogen and oxygen atoms in total. The van der Waals surface area contributed by atoms with Gasteiger partial charge in [0.1, 0.15) is 12.4 Å². The molecule has 3 atom stereocenters. The monoisotopic (exact) mass is 540 g/mol. The van der Waals surface area contributed by atoms with Gasteiger partial charge in [-0.1, -0.05) is 99.3 Å². The normalized spacial score (nSPS) is 18.6. The Balaban J connectivity index is 0.000000794. The second-order valence-electron chi connectivity index (χ2n) is 11.1. The maximum Gasteiger partial charge on any atom is 0.513 e. The molecule has 2 rings (SSSR count). The molecule has 1 aromatic carbocycles. The number of hydrogen-bond donors (Lipinski definition) is 3. The maximum absolute atomic E-state index is 12.2. The molecule has 1 aliphatic heterocycles. The molecule has 0 saturated carbocycles. The number of aliphatic hydroxyl groups excluding tert-OH is 3. The van der Waals surface area contributed by atoms with Crippen LogP contribution in [0.2, 0.25) is 0 Å². The highest BCUT2D eigenvalue weighted by Gasteiger charge is 2.26. The van der Waals surface area contributed by atoms with Crippen molar-refractivity contribution >= 4 is 6.16 Å². The van der Waals surface area contributed by atoms with Crippen molar-refractivity contribution < 1.29 is 34.3 Å². The van der Waals surface area contributed by atoms with Crippen LogP contribution >= 0.6 is 0 Å². The van der Waals surface area contributed by atoms with E-state index in [9.17, 15) is 9.90 Å². The fourth-order valence-corrected chi connectivity index (χ4v) is 4.09. The predicted molar refractivity (Wildman–Crippen MR) is 154 cm³/mol. The van der Waals surface area contributed by atoms with Gasteiger partial charge in [0.15, 0.2) is 0 Å². The third kappa shape index (κ3) is 14.5. The van der Waals surface area contributed by atoms with Crippen LogP contribution in [0.4, 0.5) is 4.79 Å².